The van der Waals surface area contributed by atoms with Gasteiger partial charge >= 0.3 is 0 Å². The predicted molar refractivity (Wildman–Crippen MR) is 88.3 cm³/mol. The number of hydrogen-bond donors (Lipinski definition) is 0. The van der Waals surface area contributed by atoms with Crippen molar-refractivity contribution in [1.82, 2.24) is 9.78 Å². The van der Waals surface area contributed by atoms with Crippen LogP contribution in [0.5, 0.6) is 0 Å². The maximum atomic E-state index is 13.5. The normalized spacial score (nSPS) is 11.0. The minimum absolute atomic E-state index is 0.0368. The largest absolute Gasteiger partial charge is 0.269 e. The zero-order chi connectivity index (χ0) is 17.3. The molecule has 8 heteroatoms. The average Bonchev–Trinajstić information content (AvgIpc) is 2.93. The highest BCUT2D eigenvalue weighted by atomic mass is 79.9. The summed E-state index contributed by atoms with van der Waals surface area (Å²) in [6, 6.07) is 14.2. The number of nitrogens with zero attached hydrogens (tertiary/aromatic N) is 3. The van der Waals surface area contributed by atoms with E-state index in [1.165, 1.54) is 28.9 Å². The Kier molecular flexibility index (Phi) is 4.39. The van der Waals surface area contributed by atoms with Crippen molar-refractivity contribution in [2.75, 3.05) is 0 Å². The fourth-order valence-electron chi connectivity index (χ4n) is 2.37. The Labute approximate surface area is 143 Å². The minimum atomic E-state index is -2.72. The van der Waals surface area contributed by atoms with Crippen LogP contribution >= 0.6 is 15.9 Å². The summed E-state index contributed by atoms with van der Waals surface area (Å²) in [5, 5.41) is 14.9. The van der Waals surface area contributed by atoms with E-state index < -0.39 is 11.3 Å². The summed E-state index contributed by atoms with van der Waals surface area (Å²) in [5.74, 6) is 0. The molecule has 1 aromatic heterocycles. The Hall–Kier alpha value is -2.61. The van der Waals surface area contributed by atoms with Crippen LogP contribution in [-0.2, 0) is 0 Å². The molecule has 2 aromatic carbocycles. The Morgan fingerprint density at radius 1 is 1.08 bits per heavy atom. The van der Waals surface area contributed by atoms with Crippen LogP contribution in [-0.4, -0.2) is 14.7 Å². The molecule has 3 rings (SSSR count). The summed E-state index contributed by atoms with van der Waals surface area (Å²) in [6.07, 6.45) is -2.72. The van der Waals surface area contributed by atoms with Gasteiger partial charge in [0.15, 0.2) is 0 Å². The van der Waals surface area contributed by atoms with Gasteiger partial charge in [-0.3, -0.25) is 10.1 Å². The number of alkyl halides is 2. The second-order valence-corrected chi connectivity index (χ2v) is 5.66. The first-order valence-electron chi connectivity index (χ1n) is 6.86. The third kappa shape index (κ3) is 2.92. The van der Waals surface area contributed by atoms with Crippen molar-refractivity contribution in [1.29, 1.82) is 0 Å². The smallest absolute Gasteiger partial charge is 0.258 e. The van der Waals surface area contributed by atoms with Crippen LogP contribution in [0.4, 0.5) is 14.5 Å². The Bertz CT molecular complexity index is 880. The number of halogens is 3. The molecule has 0 aliphatic carbocycles. The fourth-order valence-corrected chi connectivity index (χ4v) is 2.89. The number of non-ortho nitro benzene ring substituents is 1. The van der Waals surface area contributed by atoms with E-state index in [0.717, 1.165) is 0 Å². The second kappa shape index (κ2) is 6.48. The zero-order valence-electron chi connectivity index (χ0n) is 12.1. The Balaban J connectivity index is 2.21. The quantitative estimate of drug-likeness (QED) is 0.454. The molecule has 1 heterocycles. The van der Waals surface area contributed by atoms with E-state index in [2.05, 4.69) is 21.0 Å². The first-order valence-corrected chi connectivity index (χ1v) is 7.65. The molecule has 0 radical (unpaired) electrons. The van der Waals surface area contributed by atoms with E-state index >= 15 is 0 Å². The lowest BCUT2D eigenvalue weighted by Gasteiger charge is -2.09. The fraction of sp³-hybridized carbons (Fsp3) is 0.0625. The Morgan fingerprint density at radius 2 is 1.71 bits per heavy atom. The maximum Gasteiger partial charge on any atom is 0.269 e. The van der Waals surface area contributed by atoms with Crippen molar-refractivity contribution in [3.8, 4) is 16.9 Å². The van der Waals surface area contributed by atoms with E-state index in [9.17, 15) is 18.9 Å². The lowest BCUT2D eigenvalue weighted by atomic mass is 10.1. The van der Waals surface area contributed by atoms with E-state index in [0.29, 0.717) is 11.3 Å². The molecule has 0 N–H and O–H groups in total. The van der Waals surface area contributed by atoms with E-state index in [1.807, 2.05) is 0 Å². The van der Waals surface area contributed by atoms with E-state index in [4.69, 9.17) is 0 Å². The van der Waals surface area contributed by atoms with Crippen molar-refractivity contribution in [3.63, 3.8) is 0 Å². The molecular formula is C16H10BrF2N3O2. The van der Waals surface area contributed by atoms with Gasteiger partial charge in [-0.2, -0.15) is 5.10 Å². The van der Waals surface area contributed by atoms with Gasteiger partial charge in [0.2, 0.25) is 0 Å². The summed E-state index contributed by atoms with van der Waals surface area (Å²) in [5.41, 5.74) is 0.961. The molecule has 0 bridgehead atoms. The van der Waals surface area contributed by atoms with Crippen LogP contribution < -0.4 is 0 Å². The number of rotatable bonds is 4. The molecule has 0 fully saturated rings. The predicted octanol–water partition coefficient (Wildman–Crippen LogP) is 5.15. The lowest BCUT2D eigenvalue weighted by Crippen LogP contribution is -2.00. The summed E-state index contributed by atoms with van der Waals surface area (Å²) in [4.78, 5) is 10.2. The van der Waals surface area contributed by atoms with Crippen LogP contribution in [0.2, 0.25) is 0 Å². The molecule has 0 spiro atoms. The van der Waals surface area contributed by atoms with Crippen LogP contribution in [0.15, 0.2) is 59.2 Å². The van der Waals surface area contributed by atoms with Gasteiger partial charge in [-0.15, -0.1) is 0 Å². The first-order chi connectivity index (χ1) is 11.5. The van der Waals surface area contributed by atoms with Gasteiger partial charge in [-0.1, -0.05) is 30.3 Å². The summed E-state index contributed by atoms with van der Waals surface area (Å²) in [7, 11) is 0. The first kappa shape index (κ1) is 16.3. The minimum Gasteiger partial charge on any atom is -0.258 e. The van der Waals surface area contributed by atoms with Gasteiger partial charge in [-0.05, 0) is 28.1 Å². The van der Waals surface area contributed by atoms with E-state index in [-0.39, 0.29) is 21.5 Å². The SMILES string of the molecule is O=[N+]([O-])c1ccc(-n2nc(Br)c(C(F)F)c2-c2ccccc2)cc1. The summed E-state index contributed by atoms with van der Waals surface area (Å²) < 4.78 is 28.4. The average molecular weight is 394 g/mol. The number of hydrogen-bond acceptors (Lipinski definition) is 3. The van der Waals surface area contributed by atoms with Crippen molar-refractivity contribution >= 4 is 21.6 Å². The number of nitro benzene ring substituents is 1. The van der Waals surface area contributed by atoms with Crippen molar-refractivity contribution in [3.05, 3.63) is 74.9 Å². The molecular weight excluding hydrogens is 384 g/mol. The molecule has 122 valence electrons. The maximum absolute atomic E-state index is 13.5. The van der Waals surface area contributed by atoms with Crippen LogP contribution in [0.1, 0.15) is 12.0 Å². The third-order valence-electron chi connectivity index (χ3n) is 3.45. The van der Waals surface area contributed by atoms with Gasteiger partial charge in [-0.25, -0.2) is 13.5 Å². The zero-order valence-corrected chi connectivity index (χ0v) is 13.7. The number of nitro groups is 1. The van der Waals surface area contributed by atoms with Gasteiger partial charge < -0.3 is 0 Å². The molecule has 0 saturated carbocycles. The van der Waals surface area contributed by atoms with E-state index in [1.54, 1.807) is 30.3 Å². The summed E-state index contributed by atoms with van der Waals surface area (Å²) >= 11 is 3.08. The van der Waals surface area contributed by atoms with Gasteiger partial charge in [0, 0.05) is 17.7 Å². The molecule has 0 saturated heterocycles. The molecule has 0 unspecified atom stereocenters. The van der Waals surface area contributed by atoms with Crippen LogP contribution in [0, 0.1) is 10.1 Å². The molecule has 0 atom stereocenters. The second-order valence-electron chi connectivity index (χ2n) is 4.91. The highest BCUT2D eigenvalue weighted by Crippen LogP contribution is 2.38. The van der Waals surface area contributed by atoms with Crippen molar-refractivity contribution in [2.24, 2.45) is 0 Å². The van der Waals surface area contributed by atoms with Crippen molar-refractivity contribution in [2.45, 2.75) is 6.43 Å². The highest BCUT2D eigenvalue weighted by Gasteiger charge is 2.25. The Morgan fingerprint density at radius 3 is 2.25 bits per heavy atom. The van der Waals surface area contributed by atoms with Gasteiger partial charge in [0.05, 0.1) is 21.9 Å². The molecule has 5 nitrogen and oxygen atoms in total. The topological polar surface area (TPSA) is 61.0 Å². The van der Waals surface area contributed by atoms with Gasteiger partial charge in [0.1, 0.15) is 4.60 Å². The number of benzene rings is 2. The molecule has 24 heavy (non-hydrogen) atoms. The summed E-state index contributed by atoms with van der Waals surface area (Å²) in [6.45, 7) is 0. The standard InChI is InChI=1S/C16H10BrF2N3O2/c17-15-13(16(18)19)14(10-4-2-1-3-5-10)21(20-15)11-6-8-12(9-7-11)22(23)24/h1-9,16H. The van der Waals surface area contributed by atoms with Crippen molar-refractivity contribution < 1.29 is 13.7 Å². The van der Waals surface area contributed by atoms with Crippen LogP contribution in [0.25, 0.3) is 16.9 Å². The lowest BCUT2D eigenvalue weighted by molar-refractivity contribution is -0.384. The van der Waals surface area contributed by atoms with Crippen LogP contribution in [0.3, 0.4) is 0 Å². The molecule has 0 amide bonds. The third-order valence-corrected chi connectivity index (χ3v) is 4.03. The van der Waals surface area contributed by atoms with Gasteiger partial charge in [0.25, 0.3) is 12.1 Å². The highest BCUT2D eigenvalue weighted by molar-refractivity contribution is 9.10. The monoisotopic (exact) mass is 393 g/mol. The molecule has 3 aromatic rings. The molecule has 0 aliphatic rings. The molecule has 0 aliphatic heterocycles. The number of aromatic nitrogens is 2.